The first-order valence-corrected chi connectivity index (χ1v) is 11.0. The zero-order chi connectivity index (χ0) is 22.9. The lowest BCUT2D eigenvalue weighted by molar-refractivity contribution is -0.113. The minimum atomic E-state index is -0.746. The average Bonchev–Trinajstić information content (AvgIpc) is 3.24. The van der Waals surface area contributed by atoms with Crippen LogP contribution in [0.5, 0.6) is 5.75 Å². The number of benzene rings is 2. The number of nitrogens with zero attached hydrogens (tertiary/aromatic N) is 3. The Balaban J connectivity index is 1.66. The molecule has 0 spiro atoms. The van der Waals surface area contributed by atoms with Crippen LogP contribution in [0.25, 0.3) is 0 Å². The van der Waals surface area contributed by atoms with E-state index in [2.05, 4.69) is 20.8 Å². The third-order valence-electron chi connectivity index (χ3n) is 4.60. The Labute approximate surface area is 190 Å². The van der Waals surface area contributed by atoms with Crippen LogP contribution < -0.4 is 15.4 Å². The molecule has 0 saturated carbocycles. The number of para-hydroxylation sites is 1. The van der Waals surface area contributed by atoms with Gasteiger partial charge < -0.3 is 25.0 Å². The van der Waals surface area contributed by atoms with Gasteiger partial charge in [0.2, 0.25) is 5.91 Å². The van der Waals surface area contributed by atoms with Crippen LogP contribution in [0, 0.1) is 0 Å². The van der Waals surface area contributed by atoms with Crippen LogP contribution in [-0.2, 0) is 11.3 Å². The van der Waals surface area contributed by atoms with Gasteiger partial charge in [-0.25, -0.2) is 0 Å². The van der Waals surface area contributed by atoms with E-state index in [0.29, 0.717) is 28.8 Å². The molecule has 1 atom stereocenters. The summed E-state index contributed by atoms with van der Waals surface area (Å²) in [6, 6.07) is 15.1. The van der Waals surface area contributed by atoms with Gasteiger partial charge >= 0.3 is 0 Å². The van der Waals surface area contributed by atoms with Crippen molar-refractivity contribution in [2.45, 2.75) is 24.7 Å². The first kappa shape index (κ1) is 23.3. The van der Waals surface area contributed by atoms with Crippen molar-refractivity contribution in [1.29, 1.82) is 0 Å². The van der Waals surface area contributed by atoms with Crippen LogP contribution in [0.4, 0.5) is 5.69 Å². The lowest BCUT2D eigenvalue weighted by Crippen LogP contribution is -2.32. The van der Waals surface area contributed by atoms with Gasteiger partial charge in [0.15, 0.2) is 11.0 Å². The molecular formula is C22H25N5O4S. The molecule has 3 N–H and O–H groups in total. The maximum atomic E-state index is 12.6. The molecule has 3 aromatic rings. The Bertz CT molecular complexity index is 1040. The number of carbonyl (C=O) groups excluding carboxylic acids is 2. The second-order valence-corrected chi connectivity index (χ2v) is 7.67. The third-order valence-corrected chi connectivity index (χ3v) is 5.57. The van der Waals surface area contributed by atoms with Gasteiger partial charge in [-0.2, -0.15) is 0 Å². The van der Waals surface area contributed by atoms with Crippen LogP contribution in [0.15, 0.2) is 59.8 Å². The number of ether oxygens (including phenoxy) is 1. The molecular weight excluding hydrogens is 430 g/mol. The van der Waals surface area contributed by atoms with E-state index in [0.717, 1.165) is 5.69 Å². The molecule has 9 nitrogen and oxygen atoms in total. The van der Waals surface area contributed by atoms with Crippen molar-refractivity contribution < 1.29 is 19.4 Å². The number of aromatic nitrogens is 3. The van der Waals surface area contributed by atoms with Crippen LogP contribution in [0.1, 0.15) is 29.1 Å². The first-order valence-electron chi connectivity index (χ1n) is 10.0. The highest BCUT2D eigenvalue weighted by Crippen LogP contribution is 2.21. The van der Waals surface area contributed by atoms with E-state index in [1.165, 1.54) is 11.8 Å². The van der Waals surface area contributed by atoms with E-state index in [1.807, 2.05) is 37.3 Å². The maximum Gasteiger partial charge on any atom is 0.251 e. The number of thioether (sulfide) groups is 1. The summed E-state index contributed by atoms with van der Waals surface area (Å²) in [7, 11) is 1.55. The summed E-state index contributed by atoms with van der Waals surface area (Å²) >= 11 is 1.24. The molecule has 168 valence electrons. The second kappa shape index (κ2) is 11.3. The Hall–Kier alpha value is -3.37. The third kappa shape index (κ3) is 5.86. The molecule has 2 amide bonds. The molecule has 0 aliphatic rings. The smallest absolute Gasteiger partial charge is 0.251 e. The second-order valence-electron chi connectivity index (χ2n) is 6.73. The number of nitrogens with one attached hydrogen (secondary N) is 2. The lowest BCUT2D eigenvalue weighted by Gasteiger charge is -2.17. The van der Waals surface area contributed by atoms with Crippen molar-refractivity contribution in [2.24, 2.45) is 0 Å². The summed E-state index contributed by atoms with van der Waals surface area (Å²) < 4.78 is 6.88. The van der Waals surface area contributed by atoms with Crippen molar-refractivity contribution in [3.05, 3.63) is 66.0 Å². The minimum Gasteiger partial charge on any atom is -0.497 e. The number of anilines is 1. The Morgan fingerprint density at radius 2 is 1.84 bits per heavy atom. The van der Waals surface area contributed by atoms with Gasteiger partial charge in [-0.05, 0) is 43.3 Å². The number of rotatable bonds is 10. The monoisotopic (exact) mass is 455 g/mol. The normalized spacial score (nSPS) is 11.6. The Kier molecular flexibility index (Phi) is 8.23. The van der Waals surface area contributed by atoms with Crippen LogP contribution in [0.3, 0.4) is 0 Å². The van der Waals surface area contributed by atoms with E-state index in [-0.39, 0.29) is 24.2 Å². The van der Waals surface area contributed by atoms with Crippen molar-refractivity contribution in [3.63, 3.8) is 0 Å². The van der Waals surface area contributed by atoms with Crippen LogP contribution in [-0.4, -0.2) is 51.2 Å². The average molecular weight is 456 g/mol. The SMILES string of the molecule is CCn1c(SCC(=O)Nc2ccccc2)nnc1C(CO)NC(=O)c1ccc(OC)cc1. The quantitative estimate of drug-likeness (QED) is 0.402. The summed E-state index contributed by atoms with van der Waals surface area (Å²) in [5, 5.41) is 24.3. The molecule has 1 unspecified atom stereocenters. The number of methoxy groups -OCH3 is 1. The Morgan fingerprint density at radius 1 is 1.12 bits per heavy atom. The summed E-state index contributed by atoms with van der Waals surface area (Å²) in [6.07, 6.45) is 0. The number of hydrogen-bond donors (Lipinski definition) is 3. The summed E-state index contributed by atoms with van der Waals surface area (Å²) in [6.45, 7) is 2.07. The molecule has 0 saturated heterocycles. The molecule has 1 heterocycles. The molecule has 1 aromatic heterocycles. The van der Waals surface area contributed by atoms with Crippen LogP contribution in [0.2, 0.25) is 0 Å². The molecule has 2 aromatic carbocycles. The van der Waals surface area contributed by atoms with Crippen molar-refractivity contribution in [1.82, 2.24) is 20.1 Å². The summed E-state index contributed by atoms with van der Waals surface area (Å²) in [4.78, 5) is 24.8. The minimum absolute atomic E-state index is 0.148. The topological polar surface area (TPSA) is 118 Å². The van der Waals surface area contributed by atoms with Crippen LogP contribution >= 0.6 is 11.8 Å². The molecule has 0 aliphatic heterocycles. The highest BCUT2D eigenvalue weighted by atomic mass is 32.2. The van der Waals surface area contributed by atoms with Gasteiger partial charge in [-0.15, -0.1) is 10.2 Å². The van der Waals surface area contributed by atoms with Crippen molar-refractivity contribution in [3.8, 4) is 5.75 Å². The standard InChI is InChI=1S/C22H25N5O4S/c1-3-27-20(18(13-28)24-21(30)15-9-11-17(31-2)12-10-15)25-26-22(27)32-14-19(29)23-16-7-5-4-6-8-16/h4-12,18,28H,3,13-14H2,1-2H3,(H,23,29)(H,24,30). The van der Waals surface area contributed by atoms with Crippen molar-refractivity contribution in [2.75, 3.05) is 24.8 Å². The van der Waals surface area contributed by atoms with Gasteiger partial charge in [0, 0.05) is 17.8 Å². The molecule has 0 fully saturated rings. The predicted octanol–water partition coefficient (Wildman–Crippen LogP) is 2.50. The molecule has 3 rings (SSSR count). The molecule has 0 bridgehead atoms. The fourth-order valence-corrected chi connectivity index (χ4v) is 3.80. The number of carbonyl (C=O) groups is 2. The lowest BCUT2D eigenvalue weighted by atomic mass is 10.2. The maximum absolute atomic E-state index is 12.6. The van der Waals surface area contributed by atoms with Gasteiger partial charge in [0.05, 0.1) is 19.5 Å². The number of aliphatic hydroxyl groups excluding tert-OH is 1. The number of amides is 2. The molecule has 0 radical (unpaired) electrons. The van der Waals surface area contributed by atoms with Gasteiger partial charge in [0.1, 0.15) is 11.8 Å². The molecule has 32 heavy (non-hydrogen) atoms. The molecule has 10 heteroatoms. The molecule has 0 aliphatic carbocycles. The predicted molar refractivity (Wildman–Crippen MR) is 122 cm³/mol. The highest BCUT2D eigenvalue weighted by Gasteiger charge is 2.23. The fourth-order valence-electron chi connectivity index (χ4n) is 2.99. The summed E-state index contributed by atoms with van der Waals surface area (Å²) in [5.41, 5.74) is 1.15. The zero-order valence-corrected chi connectivity index (χ0v) is 18.6. The van der Waals surface area contributed by atoms with E-state index in [1.54, 1.807) is 35.9 Å². The first-order chi connectivity index (χ1) is 15.5. The van der Waals surface area contributed by atoms with E-state index >= 15 is 0 Å². The van der Waals surface area contributed by atoms with E-state index in [9.17, 15) is 14.7 Å². The van der Waals surface area contributed by atoms with Crippen molar-refractivity contribution >= 4 is 29.3 Å². The zero-order valence-electron chi connectivity index (χ0n) is 17.8. The number of hydrogen-bond acceptors (Lipinski definition) is 7. The fraction of sp³-hybridized carbons (Fsp3) is 0.273. The number of aliphatic hydroxyl groups is 1. The Morgan fingerprint density at radius 3 is 2.47 bits per heavy atom. The van der Waals surface area contributed by atoms with Gasteiger partial charge in [-0.3, -0.25) is 9.59 Å². The van der Waals surface area contributed by atoms with Gasteiger partial charge in [0.25, 0.3) is 5.91 Å². The van der Waals surface area contributed by atoms with Gasteiger partial charge in [-0.1, -0.05) is 30.0 Å². The summed E-state index contributed by atoms with van der Waals surface area (Å²) in [5.74, 6) is 0.690. The van der Waals surface area contributed by atoms with E-state index in [4.69, 9.17) is 4.74 Å². The largest absolute Gasteiger partial charge is 0.497 e. The highest BCUT2D eigenvalue weighted by molar-refractivity contribution is 7.99. The van der Waals surface area contributed by atoms with E-state index < -0.39 is 6.04 Å².